The third-order valence-corrected chi connectivity index (χ3v) is 2.34. The van der Waals surface area contributed by atoms with E-state index in [2.05, 4.69) is 10.3 Å². The third kappa shape index (κ3) is 2.17. The summed E-state index contributed by atoms with van der Waals surface area (Å²) in [7, 11) is 0. The van der Waals surface area contributed by atoms with Crippen LogP contribution in [0.15, 0.2) is 4.99 Å². The maximum absolute atomic E-state index is 11.6. The zero-order chi connectivity index (χ0) is 11.6. The van der Waals surface area contributed by atoms with Crippen molar-refractivity contribution in [2.45, 2.75) is 19.4 Å². The lowest BCUT2D eigenvalue weighted by molar-refractivity contribution is -0.132. The Bertz CT molecular complexity index is 317. The van der Waals surface area contributed by atoms with Gasteiger partial charge in [-0.2, -0.15) is 4.99 Å². The number of piperazine rings is 1. The van der Waals surface area contributed by atoms with Crippen molar-refractivity contribution in [1.82, 2.24) is 10.2 Å². The topological polar surface area (TPSA) is 121 Å². The lowest BCUT2D eigenvalue weighted by Crippen LogP contribution is -2.63. The first-order valence-electron chi connectivity index (χ1n) is 4.60. The standard InChI is InChI=1S/C8H16N6O/c1-8(2)5(15)12-3-4-14(8)7(11)13-6(9)10/h3-4H2,1-2H3,(H,12,15)(H5,9,10,11,13). The summed E-state index contributed by atoms with van der Waals surface area (Å²) in [6.45, 7) is 4.45. The maximum Gasteiger partial charge on any atom is 0.245 e. The average molecular weight is 212 g/mol. The van der Waals surface area contributed by atoms with Crippen molar-refractivity contribution in [3.8, 4) is 0 Å². The Morgan fingerprint density at radius 3 is 2.73 bits per heavy atom. The van der Waals surface area contributed by atoms with Gasteiger partial charge in [0.15, 0.2) is 5.96 Å². The van der Waals surface area contributed by atoms with E-state index in [0.717, 1.165) is 0 Å². The van der Waals surface area contributed by atoms with E-state index >= 15 is 0 Å². The number of hydrogen-bond acceptors (Lipinski definition) is 2. The highest BCUT2D eigenvalue weighted by atomic mass is 16.2. The number of guanidine groups is 2. The largest absolute Gasteiger partial charge is 0.370 e. The molecule has 84 valence electrons. The van der Waals surface area contributed by atoms with Crippen LogP contribution in [0.1, 0.15) is 13.8 Å². The summed E-state index contributed by atoms with van der Waals surface area (Å²) in [5.41, 5.74) is 9.57. The summed E-state index contributed by atoms with van der Waals surface area (Å²) in [6, 6.07) is 0. The van der Waals surface area contributed by atoms with E-state index in [1.165, 1.54) is 0 Å². The second-order valence-corrected chi connectivity index (χ2v) is 3.83. The van der Waals surface area contributed by atoms with E-state index < -0.39 is 5.54 Å². The van der Waals surface area contributed by atoms with Crippen molar-refractivity contribution in [3.05, 3.63) is 0 Å². The van der Waals surface area contributed by atoms with Crippen LogP contribution in [0.25, 0.3) is 0 Å². The highest BCUT2D eigenvalue weighted by molar-refractivity contribution is 5.96. The fourth-order valence-electron chi connectivity index (χ4n) is 1.45. The molecule has 1 aliphatic rings. The van der Waals surface area contributed by atoms with Gasteiger partial charge in [0.25, 0.3) is 0 Å². The first kappa shape index (κ1) is 11.3. The Morgan fingerprint density at radius 1 is 1.60 bits per heavy atom. The Balaban J connectivity index is 2.89. The van der Waals surface area contributed by atoms with Gasteiger partial charge in [-0.15, -0.1) is 0 Å². The fraction of sp³-hybridized carbons (Fsp3) is 0.625. The number of hydrogen-bond donors (Lipinski definition) is 4. The molecule has 1 aliphatic heterocycles. The third-order valence-electron chi connectivity index (χ3n) is 2.34. The number of nitrogens with one attached hydrogen (secondary N) is 2. The van der Waals surface area contributed by atoms with Crippen LogP contribution < -0.4 is 16.8 Å². The zero-order valence-electron chi connectivity index (χ0n) is 8.87. The molecule has 0 aromatic rings. The highest BCUT2D eigenvalue weighted by Crippen LogP contribution is 2.17. The van der Waals surface area contributed by atoms with Gasteiger partial charge in [-0.1, -0.05) is 0 Å². The second-order valence-electron chi connectivity index (χ2n) is 3.83. The van der Waals surface area contributed by atoms with Crippen molar-refractivity contribution in [2.24, 2.45) is 16.5 Å². The number of carbonyl (C=O) groups excluding carboxylic acids is 1. The lowest BCUT2D eigenvalue weighted by Gasteiger charge is -2.41. The summed E-state index contributed by atoms with van der Waals surface area (Å²) in [6.07, 6.45) is 0. The van der Waals surface area contributed by atoms with Gasteiger partial charge in [-0.25, -0.2) is 0 Å². The van der Waals surface area contributed by atoms with Crippen LogP contribution in [0.5, 0.6) is 0 Å². The molecule has 0 radical (unpaired) electrons. The molecule has 15 heavy (non-hydrogen) atoms. The number of nitrogens with two attached hydrogens (primary N) is 2. The molecule has 0 atom stereocenters. The van der Waals surface area contributed by atoms with E-state index in [1.54, 1.807) is 18.7 Å². The fourth-order valence-corrected chi connectivity index (χ4v) is 1.45. The quantitative estimate of drug-likeness (QED) is 0.285. The minimum absolute atomic E-state index is 0.0881. The minimum atomic E-state index is -0.797. The minimum Gasteiger partial charge on any atom is -0.370 e. The number of nitrogens with zero attached hydrogens (tertiary/aromatic N) is 2. The molecule has 1 rings (SSSR count). The van der Waals surface area contributed by atoms with Crippen molar-refractivity contribution < 1.29 is 4.79 Å². The van der Waals surface area contributed by atoms with Crippen LogP contribution in [0, 0.1) is 5.41 Å². The van der Waals surface area contributed by atoms with Gasteiger partial charge in [0.05, 0.1) is 0 Å². The molecule has 0 aromatic heterocycles. The van der Waals surface area contributed by atoms with Crippen molar-refractivity contribution in [3.63, 3.8) is 0 Å². The number of aliphatic imine (C=N–C) groups is 1. The second kappa shape index (κ2) is 3.76. The predicted molar refractivity (Wildman–Crippen MR) is 57.3 cm³/mol. The SMILES string of the molecule is CC1(C)C(=O)NCCN1C(=N)N=C(N)N. The predicted octanol–water partition coefficient (Wildman–Crippen LogP) is -1.60. The van der Waals surface area contributed by atoms with E-state index in [9.17, 15) is 4.79 Å². The molecule has 0 saturated carbocycles. The number of rotatable bonds is 0. The van der Waals surface area contributed by atoms with Gasteiger partial charge in [0.2, 0.25) is 11.9 Å². The number of amides is 1. The molecule has 1 heterocycles. The average Bonchev–Trinajstić information content (AvgIpc) is 2.08. The molecule has 1 saturated heterocycles. The van der Waals surface area contributed by atoms with E-state index in [4.69, 9.17) is 16.9 Å². The number of carbonyl (C=O) groups is 1. The monoisotopic (exact) mass is 212 g/mol. The van der Waals surface area contributed by atoms with Crippen LogP contribution in [0.3, 0.4) is 0 Å². The summed E-state index contributed by atoms with van der Waals surface area (Å²) in [5.74, 6) is -0.402. The molecule has 0 unspecified atom stereocenters. The first-order valence-corrected chi connectivity index (χ1v) is 4.60. The Kier molecular flexibility index (Phi) is 2.83. The van der Waals surface area contributed by atoms with Crippen molar-refractivity contribution in [2.75, 3.05) is 13.1 Å². The smallest absolute Gasteiger partial charge is 0.245 e. The van der Waals surface area contributed by atoms with Gasteiger partial charge < -0.3 is 21.7 Å². The van der Waals surface area contributed by atoms with Gasteiger partial charge in [0.1, 0.15) is 5.54 Å². The van der Waals surface area contributed by atoms with Crippen LogP contribution in [0.4, 0.5) is 0 Å². The van der Waals surface area contributed by atoms with Crippen LogP contribution in [0.2, 0.25) is 0 Å². The molecule has 1 fully saturated rings. The van der Waals surface area contributed by atoms with E-state index in [0.29, 0.717) is 13.1 Å². The van der Waals surface area contributed by atoms with Crippen LogP contribution >= 0.6 is 0 Å². The zero-order valence-corrected chi connectivity index (χ0v) is 8.87. The molecular formula is C8H16N6O. The van der Waals surface area contributed by atoms with Gasteiger partial charge >= 0.3 is 0 Å². The molecule has 7 nitrogen and oxygen atoms in total. The Labute approximate surface area is 88.0 Å². The highest BCUT2D eigenvalue weighted by Gasteiger charge is 2.39. The molecule has 0 bridgehead atoms. The van der Waals surface area contributed by atoms with Gasteiger partial charge in [-0.3, -0.25) is 10.2 Å². The summed E-state index contributed by atoms with van der Waals surface area (Å²) in [4.78, 5) is 16.7. The lowest BCUT2D eigenvalue weighted by atomic mass is 9.99. The summed E-state index contributed by atoms with van der Waals surface area (Å²) in [5, 5.41) is 10.4. The normalized spacial score (nSPS) is 19.3. The van der Waals surface area contributed by atoms with Gasteiger partial charge in [0, 0.05) is 13.1 Å². The molecule has 6 N–H and O–H groups in total. The van der Waals surface area contributed by atoms with Crippen LogP contribution in [-0.4, -0.2) is 41.4 Å². The molecule has 1 amide bonds. The van der Waals surface area contributed by atoms with Crippen LogP contribution in [-0.2, 0) is 4.79 Å². The summed E-state index contributed by atoms with van der Waals surface area (Å²) >= 11 is 0. The molecule has 0 aromatic carbocycles. The molecule has 0 aliphatic carbocycles. The van der Waals surface area contributed by atoms with Gasteiger partial charge in [-0.05, 0) is 13.8 Å². The van der Waals surface area contributed by atoms with E-state index in [-0.39, 0.29) is 17.8 Å². The Morgan fingerprint density at radius 2 is 2.20 bits per heavy atom. The first-order chi connectivity index (χ1) is 6.85. The van der Waals surface area contributed by atoms with Crippen molar-refractivity contribution >= 4 is 17.8 Å². The van der Waals surface area contributed by atoms with Crippen molar-refractivity contribution in [1.29, 1.82) is 5.41 Å². The Hall–Kier alpha value is -1.79. The maximum atomic E-state index is 11.6. The van der Waals surface area contributed by atoms with E-state index in [1.807, 2.05) is 0 Å². The molecule has 0 spiro atoms. The molecular weight excluding hydrogens is 196 g/mol. The molecule has 7 heteroatoms. The summed E-state index contributed by atoms with van der Waals surface area (Å²) < 4.78 is 0.